The van der Waals surface area contributed by atoms with Crippen LogP contribution >= 0.6 is 0 Å². The van der Waals surface area contributed by atoms with Crippen molar-refractivity contribution in [3.05, 3.63) is 0 Å². The molecule has 0 radical (unpaired) electrons. The predicted molar refractivity (Wildman–Crippen MR) is 53.6 cm³/mol. The van der Waals surface area contributed by atoms with Crippen molar-refractivity contribution in [3.63, 3.8) is 0 Å². The molecule has 2 atom stereocenters. The lowest BCUT2D eigenvalue weighted by molar-refractivity contribution is -0.0512. The van der Waals surface area contributed by atoms with Gasteiger partial charge in [-0.3, -0.25) is 0 Å². The van der Waals surface area contributed by atoms with E-state index in [1.165, 1.54) is 25.7 Å². The van der Waals surface area contributed by atoms with Crippen molar-refractivity contribution in [1.82, 2.24) is 5.32 Å². The SMILES string of the molecule is CC1CC(O)(C2CCCC2)CCN1. The number of piperidine rings is 1. The summed E-state index contributed by atoms with van der Waals surface area (Å²) < 4.78 is 0. The molecule has 0 aromatic carbocycles. The normalized spacial score (nSPS) is 42.5. The zero-order chi connectivity index (χ0) is 9.31. The van der Waals surface area contributed by atoms with E-state index >= 15 is 0 Å². The van der Waals surface area contributed by atoms with E-state index in [0.717, 1.165) is 19.4 Å². The first-order chi connectivity index (χ1) is 6.21. The monoisotopic (exact) mass is 183 g/mol. The van der Waals surface area contributed by atoms with Crippen LogP contribution in [0.2, 0.25) is 0 Å². The minimum Gasteiger partial charge on any atom is -0.389 e. The maximum absolute atomic E-state index is 10.5. The van der Waals surface area contributed by atoms with Crippen molar-refractivity contribution in [1.29, 1.82) is 0 Å². The van der Waals surface area contributed by atoms with E-state index in [9.17, 15) is 5.11 Å². The first-order valence-electron chi connectivity index (χ1n) is 5.66. The van der Waals surface area contributed by atoms with Crippen LogP contribution in [0.1, 0.15) is 45.4 Å². The van der Waals surface area contributed by atoms with E-state index in [-0.39, 0.29) is 5.60 Å². The lowest BCUT2D eigenvalue weighted by Crippen LogP contribution is -2.50. The molecule has 2 nitrogen and oxygen atoms in total. The molecule has 0 amide bonds. The number of rotatable bonds is 1. The van der Waals surface area contributed by atoms with Gasteiger partial charge < -0.3 is 10.4 Å². The van der Waals surface area contributed by atoms with Crippen LogP contribution in [0.15, 0.2) is 0 Å². The summed E-state index contributed by atoms with van der Waals surface area (Å²) in [5.41, 5.74) is -0.332. The lowest BCUT2D eigenvalue weighted by Gasteiger charge is -2.40. The molecular formula is C11H21NO. The van der Waals surface area contributed by atoms with Gasteiger partial charge in [0.05, 0.1) is 5.60 Å². The molecule has 0 bridgehead atoms. The minimum atomic E-state index is -0.332. The zero-order valence-corrected chi connectivity index (χ0v) is 8.55. The van der Waals surface area contributed by atoms with Crippen LogP contribution in [-0.4, -0.2) is 23.3 Å². The van der Waals surface area contributed by atoms with Gasteiger partial charge in [-0.25, -0.2) is 0 Å². The highest BCUT2D eigenvalue weighted by Crippen LogP contribution is 2.39. The minimum absolute atomic E-state index is 0.332. The molecule has 2 N–H and O–H groups in total. The number of aliphatic hydroxyl groups is 1. The van der Waals surface area contributed by atoms with E-state index in [4.69, 9.17) is 0 Å². The van der Waals surface area contributed by atoms with Crippen LogP contribution in [0, 0.1) is 5.92 Å². The first-order valence-corrected chi connectivity index (χ1v) is 5.66. The second kappa shape index (κ2) is 3.58. The molecule has 2 unspecified atom stereocenters. The molecule has 0 aromatic rings. The van der Waals surface area contributed by atoms with Crippen LogP contribution in [0.5, 0.6) is 0 Å². The molecule has 1 aliphatic carbocycles. The molecule has 2 fully saturated rings. The number of hydrogen-bond donors (Lipinski definition) is 2. The second-order valence-corrected chi connectivity index (χ2v) is 4.89. The fourth-order valence-corrected chi connectivity index (χ4v) is 3.07. The van der Waals surface area contributed by atoms with Gasteiger partial charge in [-0.15, -0.1) is 0 Å². The van der Waals surface area contributed by atoms with Crippen molar-refractivity contribution < 1.29 is 5.11 Å². The summed E-state index contributed by atoms with van der Waals surface area (Å²) in [7, 11) is 0. The van der Waals surface area contributed by atoms with Gasteiger partial charge in [-0.1, -0.05) is 12.8 Å². The van der Waals surface area contributed by atoms with Crippen molar-refractivity contribution in [2.24, 2.45) is 5.92 Å². The van der Waals surface area contributed by atoms with E-state index in [1.54, 1.807) is 0 Å². The molecule has 76 valence electrons. The smallest absolute Gasteiger partial charge is 0.0702 e. The van der Waals surface area contributed by atoms with Crippen LogP contribution in [0.25, 0.3) is 0 Å². The largest absolute Gasteiger partial charge is 0.389 e. The molecule has 13 heavy (non-hydrogen) atoms. The maximum atomic E-state index is 10.5. The average Bonchev–Trinajstić information content (AvgIpc) is 2.55. The summed E-state index contributed by atoms with van der Waals surface area (Å²) in [5, 5.41) is 13.9. The topological polar surface area (TPSA) is 32.3 Å². The third kappa shape index (κ3) is 1.89. The summed E-state index contributed by atoms with van der Waals surface area (Å²) in [6, 6.07) is 0.499. The van der Waals surface area contributed by atoms with Gasteiger partial charge in [0, 0.05) is 6.04 Å². The Morgan fingerprint density at radius 1 is 1.31 bits per heavy atom. The van der Waals surface area contributed by atoms with Gasteiger partial charge in [0.25, 0.3) is 0 Å². The van der Waals surface area contributed by atoms with Gasteiger partial charge in [-0.05, 0) is 45.1 Å². The van der Waals surface area contributed by atoms with Crippen molar-refractivity contribution in [2.75, 3.05) is 6.54 Å². The van der Waals surface area contributed by atoms with E-state index in [0.29, 0.717) is 12.0 Å². The maximum Gasteiger partial charge on any atom is 0.0702 e. The molecule has 1 aliphatic heterocycles. The van der Waals surface area contributed by atoms with Crippen molar-refractivity contribution >= 4 is 0 Å². The Morgan fingerprint density at radius 2 is 2.00 bits per heavy atom. The molecule has 1 saturated heterocycles. The van der Waals surface area contributed by atoms with Crippen molar-refractivity contribution in [3.8, 4) is 0 Å². The highest BCUT2D eigenvalue weighted by Gasteiger charge is 2.40. The van der Waals surface area contributed by atoms with Crippen LogP contribution < -0.4 is 5.32 Å². The van der Waals surface area contributed by atoms with Gasteiger partial charge in [-0.2, -0.15) is 0 Å². The third-order valence-corrected chi connectivity index (χ3v) is 3.83. The highest BCUT2D eigenvalue weighted by atomic mass is 16.3. The molecule has 2 aliphatic rings. The fraction of sp³-hybridized carbons (Fsp3) is 1.00. The quantitative estimate of drug-likeness (QED) is 0.648. The summed E-state index contributed by atoms with van der Waals surface area (Å²) in [6.07, 6.45) is 7.08. The Morgan fingerprint density at radius 3 is 2.62 bits per heavy atom. The van der Waals surface area contributed by atoms with Crippen LogP contribution in [0.4, 0.5) is 0 Å². The predicted octanol–water partition coefficient (Wildman–Crippen LogP) is 1.68. The Bertz CT molecular complexity index is 177. The Balaban J connectivity index is 2.00. The van der Waals surface area contributed by atoms with E-state index < -0.39 is 0 Å². The number of nitrogens with one attached hydrogen (secondary N) is 1. The lowest BCUT2D eigenvalue weighted by atomic mass is 9.77. The van der Waals surface area contributed by atoms with Crippen LogP contribution in [-0.2, 0) is 0 Å². The fourth-order valence-electron chi connectivity index (χ4n) is 3.07. The molecular weight excluding hydrogens is 162 g/mol. The molecule has 2 rings (SSSR count). The second-order valence-electron chi connectivity index (χ2n) is 4.89. The average molecular weight is 183 g/mol. The number of hydrogen-bond acceptors (Lipinski definition) is 2. The highest BCUT2D eigenvalue weighted by molar-refractivity contribution is 4.95. The molecule has 0 spiro atoms. The molecule has 0 aromatic heterocycles. The standard InChI is InChI=1S/C11H21NO/c1-9-8-11(13,6-7-12-9)10-4-2-3-5-10/h9-10,12-13H,2-8H2,1H3. The molecule has 2 heteroatoms. The first kappa shape index (κ1) is 9.47. The van der Waals surface area contributed by atoms with Gasteiger partial charge in [0.2, 0.25) is 0 Å². The third-order valence-electron chi connectivity index (χ3n) is 3.83. The van der Waals surface area contributed by atoms with E-state index in [1.807, 2.05) is 0 Å². The Hall–Kier alpha value is -0.0800. The van der Waals surface area contributed by atoms with Crippen LogP contribution in [0.3, 0.4) is 0 Å². The Labute approximate surface area is 80.7 Å². The van der Waals surface area contributed by atoms with Gasteiger partial charge in [0.1, 0.15) is 0 Å². The Kier molecular flexibility index (Phi) is 2.61. The summed E-state index contributed by atoms with van der Waals surface area (Å²) in [5.74, 6) is 0.594. The van der Waals surface area contributed by atoms with Gasteiger partial charge in [0.15, 0.2) is 0 Å². The van der Waals surface area contributed by atoms with Gasteiger partial charge >= 0.3 is 0 Å². The molecule has 1 saturated carbocycles. The van der Waals surface area contributed by atoms with E-state index in [2.05, 4.69) is 12.2 Å². The summed E-state index contributed by atoms with van der Waals surface area (Å²) >= 11 is 0. The molecule has 1 heterocycles. The zero-order valence-electron chi connectivity index (χ0n) is 8.55. The summed E-state index contributed by atoms with van der Waals surface area (Å²) in [6.45, 7) is 3.17. The summed E-state index contributed by atoms with van der Waals surface area (Å²) in [4.78, 5) is 0. The van der Waals surface area contributed by atoms with Crippen molar-refractivity contribution in [2.45, 2.75) is 57.1 Å².